The van der Waals surface area contributed by atoms with Gasteiger partial charge in [0.25, 0.3) is 0 Å². The molecule has 1 N–H and O–H groups in total. The van der Waals surface area contributed by atoms with Crippen LogP contribution < -0.4 is 5.32 Å². The van der Waals surface area contributed by atoms with Crippen molar-refractivity contribution in [1.29, 1.82) is 0 Å². The Morgan fingerprint density at radius 3 is 2.53 bits per heavy atom. The maximum absolute atomic E-state index is 12.1. The van der Waals surface area contributed by atoms with Crippen LogP contribution in [0.4, 0.5) is 0 Å². The molecule has 0 spiro atoms. The van der Waals surface area contributed by atoms with Crippen molar-refractivity contribution in [2.75, 3.05) is 33.2 Å². The highest BCUT2D eigenvalue weighted by Crippen LogP contribution is 2.26. The van der Waals surface area contributed by atoms with Gasteiger partial charge in [-0.05, 0) is 19.8 Å². The molecule has 1 unspecified atom stereocenters. The van der Waals surface area contributed by atoms with E-state index in [9.17, 15) is 4.79 Å². The van der Waals surface area contributed by atoms with Crippen LogP contribution in [-0.4, -0.2) is 61.0 Å². The number of hydrogen-bond acceptors (Lipinski definition) is 3. The van der Waals surface area contributed by atoms with E-state index in [-0.39, 0.29) is 6.04 Å². The second kappa shape index (κ2) is 4.49. The minimum absolute atomic E-state index is 0.0534. The van der Waals surface area contributed by atoms with E-state index in [1.54, 1.807) is 0 Å². The van der Waals surface area contributed by atoms with E-state index in [4.69, 9.17) is 0 Å². The predicted octanol–water partition coefficient (Wildman–Crippen LogP) is -0.0991. The molecule has 1 saturated carbocycles. The summed E-state index contributed by atoms with van der Waals surface area (Å²) in [6.07, 6.45) is 2.38. The fraction of sp³-hybridized carbons (Fsp3) is 0.909. The van der Waals surface area contributed by atoms with Crippen molar-refractivity contribution in [3.05, 3.63) is 0 Å². The predicted molar refractivity (Wildman–Crippen MR) is 59.7 cm³/mol. The summed E-state index contributed by atoms with van der Waals surface area (Å²) in [4.78, 5) is 16.3. The summed E-state index contributed by atoms with van der Waals surface area (Å²) in [5.41, 5.74) is 0. The molecule has 0 aromatic heterocycles. The Morgan fingerprint density at radius 1 is 1.40 bits per heavy atom. The second-order valence-corrected chi connectivity index (χ2v) is 4.64. The smallest absolute Gasteiger partial charge is 0.239 e. The van der Waals surface area contributed by atoms with Crippen LogP contribution in [0.2, 0.25) is 0 Å². The van der Waals surface area contributed by atoms with Crippen LogP contribution in [0, 0.1) is 0 Å². The first-order chi connectivity index (χ1) is 7.20. The summed E-state index contributed by atoms with van der Waals surface area (Å²) in [7, 11) is 1.94. The highest BCUT2D eigenvalue weighted by molar-refractivity contribution is 5.81. The summed E-state index contributed by atoms with van der Waals surface area (Å²) in [5.74, 6) is 0.291. The van der Waals surface area contributed by atoms with Gasteiger partial charge in [-0.1, -0.05) is 0 Å². The molecule has 0 radical (unpaired) electrons. The lowest BCUT2D eigenvalue weighted by molar-refractivity contribution is -0.135. The lowest BCUT2D eigenvalue weighted by atomic mass is 10.2. The zero-order chi connectivity index (χ0) is 10.8. The molecule has 15 heavy (non-hydrogen) atoms. The number of carbonyl (C=O) groups excluding carboxylic acids is 1. The van der Waals surface area contributed by atoms with Crippen molar-refractivity contribution in [3.8, 4) is 0 Å². The second-order valence-electron chi connectivity index (χ2n) is 4.64. The minimum Gasteiger partial charge on any atom is -0.341 e. The van der Waals surface area contributed by atoms with Gasteiger partial charge >= 0.3 is 0 Å². The number of hydrogen-bond donors (Lipinski definition) is 1. The van der Waals surface area contributed by atoms with Gasteiger partial charge in [-0.3, -0.25) is 9.69 Å². The summed E-state index contributed by atoms with van der Waals surface area (Å²) >= 11 is 0. The van der Waals surface area contributed by atoms with Gasteiger partial charge in [0, 0.05) is 39.3 Å². The number of piperazine rings is 1. The maximum Gasteiger partial charge on any atom is 0.239 e. The van der Waals surface area contributed by atoms with Gasteiger partial charge in [-0.2, -0.15) is 0 Å². The number of amides is 1. The first kappa shape index (κ1) is 10.9. The Balaban J connectivity index is 1.87. The highest BCUT2D eigenvalue weighted by Gasteiger charge is 2.33. The molecule has 1 aliphatic carbocycles. The van der Waals surface area contributed by atoms with Crippen LogP contribution in [-0.2, 0) is 4.79 Å². The van der Waals surface area contributed by atoms with Crippen molar-refractivity contribution in [1.82, 2.24) is 15.1 Å². The quantitative estimate of drug-likeness (QED) is 0.708. The van der Waals surface area contributed by atoms with Crippen molar-refractivity contribution in [2.45, 2.75) is 31.8 Å². The van der Waals surface area contributed by atoms with Crippen molar-refractivity contribution < 1.29 is 4.79 Å². The third kappa shape index (κ3) is 2.49. The normalized spacial score (nSPS) is 24.9. The maximum atomic E-state index is 12.1. The highest BCUT2D eigenvalue weighted by atomic mass is 16.2. The molecule has 1 atom stereocenters. The van der Waals surface area contributed by atoms with Crippen molar-refractivity contribution in [2.24, 2.45) is 0 Å². The van der Waals surface area contributed by atoms with Crippen molar-refractivity contribution >= 4 is 5.91 Å². The van der Waals surface area contributed by atoms with Crippen LogP contribution in [0.25, 0.3) is 0 Å². The summed E-state index contributed by atoms with van der Waals surface area (Å²) < 4.78 is 0. The van der Waals surface area contributed by atoms with E-state index < -0.39 is 0 Å². The monoisotopic (exact) mass is 211 g/mol. The molecular formula is C11H21N3O. The molecule has 2 aliphatic rings. The molecule has 0 bridgehead atoms. The third-order valence-corrected chi connectivity index (χ3v) is 3.50. The van der Waals surface area contributed by atoms with Crippen molar-refractivity contribution in [3.63, 3.8) is 0 Å². The lowest BCUT2D eigenvalue weighted by Gasteiger charge is -2.34. The van der Waals surface area contributed by atoms with Gasteiger partial charge < -0.3 is 10.2 Å². The van der Waals surface area contributed by atoms with Crippen LogP contribution in [0.15, 0.2) is 0 Å². The summed E-state index contributed by atoms with van der Waals surface area (Å²) in [6, 6.07) is 0.584. The van der Waals surface area contributed by atoms with Gasteiger partial charge in [0.15, 0.2) is 0 Å². The molecule has 1 amide bonds. The molecule has 86 valence electrons. The van der Waals surface area contributed by atoms with Crippen LogP contribution in [0.5, 0.6) is 0 Å². The largest absolute Gasteiger partial charge is 0.341 e. The zero-order valence-electron chi connectivity index (χ0n) is 9.70. The zero-order valence-corrected chi connectivity index (χ0v) is 9.70. The van der Waals surface area contributed by atoms with Crippen LogP contribution in [0.1, 0.15) is 19.8 Å². The third-order valence-electron chi connectivity index (χ3n) is 3.50. The molecule has 0 aromatic rings. The standard InChI is InChI=1S/C11H21N3O/c1-9(14-7-5-12-6-8-14)11(15)13(2)10-3-4-10/h9-10,12H,3-8H2,1-2H3. The van der Waals surface area contributed by atoms with Gasteiger partial charge in [0.05, 0.1) is 6.04 Å². The van der Waals surface area contributed by atoms with Gasteiger partial charge in [-0.15, -0.1) is 0 Å². The van der Waals surface area contributed by atoms with E-state index in [2.05, 4.69) is 10.2 Å². The average molecular weight is 211 g/mol. The molecule has 2 rings (SSSR count). The Bertz CT molecular complexity index is 234. The molecule has 2 fully saturated rings. The molecular weight excluding hydrogens is 190 g/mol. The summed E-state index contributed by atoms with van der Waals surface area (Å²) in [6.45, 7) is 6.03. The first-order valence-electron chi connectivity index (χ1n) is 5.91. The Hall–Kier alpha value is -0.610. The lowest BCUT2D eigenvalue weighted by Crippen LogP contribution is -2.53. The SMILES string of the molecule is CC(C(=O)N(C)C1CC1)N1CCNCC1. The van der Waals surface area contributed by atoms with E-state index in [1.165, 1.54) is 12.8 Å². The topological polar surface area (TPSA) is 35.6 Å². The number of nitrogens with one attached hydrogen (secondary N) is 1. The fourth-order valence-electron chi connectivity index (χ4n) is 2.16. The summed E-state index contributed by atoms with van der Waals surface area (Å²) in [5, 5.41) is 3.31. The van der Waals surface area contributed by atoms with E-state index in [1.807, 2.05) is 18.9 Å². The number of rotatable bonds is 3. The first-order valence-corrected chi connectivity index (χ1v) is 5.91. The van der Waals surface area contributed by atoms with E-state index in [0.29, 0.717) is 11.9 Å². The number of nitrogens with zero attached hydrogens (tertiary/aromatic N) is 2. The Kier molecular flexibility index (Phi) is 3.26. The minimum atomic E-state index is 0.0534. The Labute approximate surface area is 91.6 Å². The van der Waals surface area contributed by atoms with Crippen LogP contribution >= 0.6 is 0 Å². The van der Waals surface area contributed by atoms with Crippen LogP contribution in [0.3, 0.4) is 0 Å². The average Bonchev–Trinajstić information content (AvgIpc) is 3.11. The molecule has 4 nitrogen and oxygen atoms in total. The molecule has 1 heterocycles. The van der Waals surface area contributed by atoms with Gasteiger partial charge in [0.2, 0.25) is 5.91 Å². The Morgan fingerprint density at radius 2 is 2.00 bits per heavy atom. The van der Waals surface area contributed by atoms with E-state index >= 15 is 0 Å². The molecule has 1 aliphatic heterocycles. The van der Waals surface area contributed by atoms with Gasteiger partial charge in [-0.25, -0.2) is 0 Å². The van der Waals surface area contributed by atoms with Gasteiger partial charge in [0.1, 0.15) is 0 Å². The number of carbonyl (C=O) groups is 1. The van der Waals surface area contributed by atoms with E-state index in [0.717, 1.165) is 26.2 Å². The number of likely N-dealkylation sites (N-methyl/N-ethyl adjacent to an activating group) is 1. The fourth-order valence-corrected chi connectivity index (χ4v) is 2.16. The molecule has 4 heteroatoms. The molecule has 1 saturated heterocycles. The molecule has 0 aromatic carbocycles.